The number of amides is 2. The molecule has 2 aliphatic rings. The van der Waals surface area contributed by atoms with Crippen molar-refractivity contribution in [2.45, 2.75) is 33.2 Å². The third-order valence-electron chi connectivity index (χ3n) is 5.20. The molecule has 2 amide bonds. The largest absolute Gasteiger partial charge is 0.491 e. The molecule has 136 valence electrons. The molecule has 0 aromatic heterocycles. The molecule has 1 aromatic rings. The van der Waals surface area contributed by atoms with Gasteiger partial charge in [-0.05, 0) is 19.4 Å². The summed E-state index contributed by atoms with van der Waals surface area (Å²) in [6, 6.07) is 7.90. The number of rotatable bonds is 3. The van der Waals surface area contributed by atoms with E-state index in [4.69, 9.17) is 9.47 Å². The van der Waals surface area contributed by atoms with Gasteiger partial charge in [-0.25, -0.2) is 4.79 Å². The van der Waals surface area contributed by atoms with Crippen molar-refractivity contribution in [3.05, 3.63) is 41.5 Å². The van der Waals surface area contributed by atoms with E-state index >= 15 is 0 Å². The number of hydrogen-bond donors (Lipinski definition) is 1. The Labute approximate surface area is 150 Å². The highest BCUT2D eigenvalue weighted by Crippen LogP contribution is 2.32. The average molecular weight is 344 g/mol. The van der Waals surface area contributed by atoms with Crippen LogP contribution >= 0.6 is 0 Å². The van der Waals surface area contributed by atoms with Gasteiger partial charge in [0.25, 0.3) is 0 Å². The highest BCUT2D eigenvalue weighted by Gasteiger charge is 2.29. The molecule has 0 radical (unpaired) electrons. The van der Waals surface area contributed by atoms with Gasteiger partial charge in [-0.1, -0.05) is 43.7 Å². The van der Waals surface area contributed by atoms with Crippen molar-refractivity contribution in [2.75, 3.05) is 32.9 Å². The van der Waals surface area contributed by atoms with E-state index in [0.29, 0.717) is 26.3 Å². The van der Waals surface area contributed by atoms with E-state index < -0.39 is 0 Å². The molecule has 0 bridgehead atoms. The first-order valence-corrected chi connectivity index (χ1v) is 9.02. The van der Waals surface area contributed by atoms with Crippen LogP contribution in [0.5, 0.6) is 5.75 Å². The number of carbonyl (C=O) groups is 1. The van der Waals surface area contributed by atoms with Crippen molar-refractivity contribution in [3.8, 4) is 5.75 Å². The van der Waals surface area contributed by atoms with Gasteiger partial charge in [-0.3, -0.25) is 0 Å². The zero-order valence-corrected chi connectivity index (χ0v) is 15.4. The lowest BCUT2D eigenvalue weighted by Crippen LogP contribution is -2.45. The van der Waals surface area contributed by atoms with E-state index in [9.17, 15) is 4.79 Å². The van der Waals surface area contributed by atoms with Gasteiger partial charge in [-0.15, -0.1) is 0 Å². The van der Waals surface area contributed by atoms with E-state index in [1.807, 2.05) is 29.2 Å². The molecule has 25 heavy (non-hydrogen) atoms. The molecule has 0 saturated carbocycles. The quantitative estimate of drug-likeness (QED) is 0.854. The summed E-state index contributed by atoms with van der Waals surface area (Å²) in [4.78, 5) is 14.7. The molecule has 3 rings (SSSR count). The maximum atomic E-state index is 12.8. The predicted molar refractivity (Wildman–Crippen MR) is 97.8 cm³/mol. The Morgan fingerprint density at radius 1 is 1.32 bits per heavy atom. The molecule has 1 atom stereocenters. The molecular formula is C20H28N2O3. The van der Waals surface area contributed by atoms with Crippen molar-refractivity contribution in [3.63, 3.8) is 0 Å². The van der Waals surface area contributed by atoms with Gasteiger partial charge in [0.1, 0.15) is 12.4 Å². The van der Waals surface area contributed by atoms with Crippen LogP contribution in [0.25, 0.3) is 0 Å². The highest BCUT2D eigenvalue weighted by atomic mass is 16.5. The minimum Gasteiger partial charge on any atom is -0.491 e. The standard InChI is InChI=1S/C20H28N2O3/c1-15-17-6-4-5-7-18(17)25-13-10-22(15)19(23)21-14-20(2,3)16-8-11-24-12-9-16/h4-8,15H,9-14H2,1-3H3,(H,21,23). The second-order valence-electron chi connectivity index (χ2n) is 7.35. The van der Waals surface area contributed by atoms with E-state index in [-0.39, 0.29) is 17.5 Å². The maximum absolute atomic E-state index is 12.8. The van der Waals surface area contributed by atoms with Gasteiger partial charge in [0.15, 0.2) is 0 Å². The Hall–Kier alpha value is -2.01. The van der Waals surface area contributed by atoms with Crippen LogP contribution in [0.1, 0.15) is 38.8 Å². The van der Waals surface area contributed by atoms with Gasteiger partial charge < -0.3 is 19.7 Å². The number of nitrogens with one attached hydrogen (secondary N) is 1. The van der Waals surface area contributed by atoms with Crippen molar-refractivity contribution in [1.29, 1.82) is 0 Å². The molecule has 1 N–H and O–H groups in total. The average Bonchev–Trinajstić information content (AvgIpc) is 2.80. The lowest BCUT2D eigenvalue weighted by molar-refractivity contribution is 0.144. The summed E-state index contributed by atoms with van der Waals surface area (Å²) in [6.07, 6.45) is 3.08. The Balaban J connectivity index is 1.66. The number of hydrogen-bond acceptors (Lipinski definition) is 3. The number of urea groups is 1. The van der Waals surface area contributed by atoms with Crippen molar-refractivity contribution in [2.24, 2.45) is 5.41 Å². The summed E-state index contributed by atoms with van der Waals surface area (Å²) in [5.41, 5.74) is 2.35. The summed E-state index contributed by atoms with van der Waals surface area (Å²) in [5.74, 6) is 0.873. The molecule has 0 aliphatic carbocycles. The lowest BCUT2D eigenvalue weighted by Gasteiger charge is -2.33. The van der Waals surface area contributed by atoms with E-state index in [1.165, 1.54) is 5.57 Å². The number of fused-ring (bicyclic) bond motifs is 1. The van der Waals surface area contributed by atoms with Crippen molar-refractivity contribution < 1.29 is 14.3 Å². The van der Waals surface area contributed by atoms with E-state index in [2.05, 4.69) is 32.2 Å². The first-order valence-electron chi connectivity index (χ1n) is 9.02. The fourth-order valence-corrected chi connectivity index (χ4v) is 3.50. The summed E-state index contributed by atoms with van der Waals surface area (Å²) < 4.78 is 11.2. The third kappa shape index (κ3) is 3.98. The fraction of sp³-hybridized carbons (Fsp3) is 0.550. The first-order chi connectivity index (χ1) is 12.0. The summed E-state index contributed by atoms with van der Waals surface area (Å²) in [6.45, 7) is 9.55. The molecule has 2 heterocycles. The zero-order valence-electron chi connectivity index (χ0n) is 15.4. The highest BCUT2D eigenvalue weighted by molar-refractivity contribution is 5.75. The second kappa shape index (κ2) is 7.48. The van der Waals surface area contributed by atoms with Crippen LogP contribution < -0.4 is 10.1 Å². The monoisotopic (exact) mass is 344 g/mol. The van der Waals surface area contributed by atoms with Crippen LogP contribution in [0, 0.1) is 5.41 Å². The minimum atomic E-state index is -0.0665. The van der Waals surface area contributed by atoms with E-state index in [0.717, 1.165) is 24.3 Å². The SMILES string of the molecule is CC1c2ccccc2OCCN1C(=O)NCC(C)(C)C1=CCOCC1. The Kier molecular flexibility index (Phi) is 5.33. The predicted octanol–water partition coefficient (Wildman–Crippen LogP) is 3.52. The van der Waals surface area contributed by atoms with Crippen LogP contribution in [-0.2, 0) is 4.74 Å². The molecule has 0 fully saturated rings. The van der Waals surface area contributed by atoms with Crippen molar-refractivity contribution in [1.82, 2.24) is 10.2 Å². The molecule has 5 heteroatoms. The minimum absolute atomic E-state index is 0.0101. The number of nitrogens with zero attached hydrogens (tertiary/aromatic N) is 1. The van der Waals surface area contributed by atoms with Crippen molar-refractivity contribution >= 4 is 6.03 Å². The van der Waals surface area contributed by atoms with Crippen LogP contribution in [-0.4, -0.2) is 43.8 Å². The molecule has 5 nitrogen and oxygen atoms in total. The number of para-hydroxylation sites is 1. The second-order valence-corrected chi connectivity index (χ2v) is 7.35. The molecular weight excluding hydrogens is 316 g/mol. The molecule has 1 unspecified atom stereocenters. The van der Waals surface area contributed by atoms with Crippen LogP contribution in [0.2, 0.25) is 0 Å². The lowest BCUT2D eigenvalue weighted by atomic mass is 9.81. The van der Waals surface area contributed by atoms with E-state index in [1.54, 1.807) is 0 Å². The Morgan fingerprint density at radius 3 is 2.88 bits per heavy atom. The Morgan fingerprint density at radius 2 is 2.12 bits per heavy atom. The number of carbonyl (C=O) groups excluding carboxylic acids is 1. The summed E-state index contributed by atoms with van der Waals surface area (Å²) in [7, 11) is 0. The molecule has 0 spiro atoms. The maximum Gasteiger partial charge on any atom is 0.318 e. The molecule has 1 aromatic carbocycles. The van der Waals surface area contributed by atoms with Gasteiger partial charge >= 0.3 is 6.03 Å². The topological polar surface area (TPSA) is 50.8 Å². The molecule has 2 aliphatic heterocycles. The fourth-order valence-electron chi connectivity index (χ4n) is 3.50. The molecule has 0 saturated heterocycles. The van der Waals surface area contributed by atoms with Gasteiger partial charge in [0.05, 0.1) is 25.8 Å². The summed E-state index contributed by atoms with van der Waals surface area (Å²) >= 11 is 0. The van der Waals surface area contributed by atoms with Crippen LogP contribution in [0.3, 0.4) is 0 Å². The third-order valence-corrected chi connectivity index (χ3v) is 5.20. The van der Waals surface area contributed by atoms with Gasteiger partial charge in [0.2, 0.25) is 0 Å². The normalized spacial score (nSPS) is 20.8. The number of benzene rings is 1. The van der Waals surface area contributed by atoms with Crippen LogP contribution in [0.4, 0.5) is 4.79 Å². The smallest absolute Gasteiger partial charge is 0.318 e. The zero-order chi connectivity index (χ0) is 17.9. The Bertz CT molecular complexity index is 654. The van der Waals surface area contributed by atoms with Crippen LogP contribution in [0.15, 0.2) is 35.9 Å². The van der Waals surface area contributed by atoms with Gasteiger partial charge in [-0.2, -0.15) is 0 Å². The first kappa shape index (κ1) is 17.8. The summed E-state index contributed by atoms with van der Waals surface area (Å²) in [5, 5.41) is 3.13. The number of ether oxygens (including phenoxy) is 2. The van der Waals surface area contributed by atoms with Gasteiger partial charge in [0, 0.05) is 17.5 Å².